The summed E-state index contributed by atoms with van der Waals surface area (Å²) in [5.41, 5.74) is 2.56. The lowest BCUT2D eigenvalue weighted by Gasteiger charge is -2.15. The third-order valence-corrected chi connectivity index (χ3v) is 6.24. The van der Waals surface area contributed by atoms with Crippen molar-refractivity contribution in [3.8, 4) is 27.3 Å². The van der Waals surface area contributed by atoms with Crippen molar-refractivity contribution in [1.82, 2.24) is 0 Å². The van der Waals surface area contributed by atoms with Gasteiger partial charge >= 0.3 is 0 Å². The highest BCUT2D eigenvalue weighted by Gasteiger charge is 2.30. The van der Waals surface area contributed by atoms with Crippen LogP contribution in [0.25, 0.3) is 21.6 Å². The topological polar surface area (TPSA) is 29.5 Å². The molecule has 29 heavy (non-hydrogen) atoms. The number of aliphatic hydroxyl groups is 1. The van der Waals surface area contributed by atoms with Gasteiger partial charge in [0.05, 0.1) is 0 Å². The molecule has 0 spiro atoms. The highest BCUT2D eigenvalue weighted by atomic mass is 32.1. The van der Waals surface area contributed by atoms with E-state index in [2.05, 4.69) is 0 Å². The molecule has 3 aromatic carbocycles. The van der Waals surface area contributed by atoms with E-state index in [0.29, 0.717) is 23.3 Å². The Morgan fingerprint density at radius 2 is 1.62 bits per heavy atom. The van der Waals surface area contributed by atoms with Crippen LogP contribution in [0.5, 0.6) is 5.75 Å². The highest BCUT2D eigenvalue weighted by Crippen LogP contribution is 2.49. The molecule has 5 rings (SSSR count). The molecule has 1 aliphatic carbocycles. The second kappa shape index (κ2) is 7.10. The molecule has 0 aliphatic heterocycles. The second-order valence-electron chi connectivity index (χ2n) is 6.87. The number of fused-ring (bicyclic) bond motifs is 5. The Morgan fingerprint density at radius 1 is 0.862 bits per heavy atom. The molecular formula is C24H16F2O2S. The Bertz CT molecular complexity index is 1200. The van der Waals surface area contributed by atoms with Gasteiger partial charge in [-0.3, -0.25) is 0 Å². The lowest BCUT2D eigenvalue weighted by molar-refractivity contribution is 0.221. The van der Waals surface area contributed by atoms with Crippen LogP contribution in [0.2, 0.25) is 0 Å². The zero-order valence-electron chi connectivity index (χ0n) is 15.2. The first-order valence-electron chi connectivity index (χ1n) is 9.19. The van der Waals surface area contributed by atoms with Gasteiger partial charge in [0, 0.05) is 20.9 Å². The number of aliphatic hydroxyl groups excluding tert-OH is 1. The maximum Gasteiger partial charge on any atom is 0.167 e. The van der Waals surface area contributed by atoms with E-state index in [1.54, 1.807) is 0 Å². The molecule has 1 heterocycles. The van der Waals surface area contributed by atoms with E-state index in [-0.39, 0.29) is 5.56 Å². The normalized spacial score (nSPS) is 14.5. The zero-order chi connectivity index (χ0) is 20.0. The predicted molar refractivity (Wildman–Crippen MR) is 110 cm³/mol. The van der Waals surface area contributed by atoms with Crippen LogP contribution in [-0.2, 0) is 6.61 Å². The molecule has 0 radical (unpaired) electrons. The molecule has 0 fully saturated rings. The van der Waals surface area contributed by atoms with Gasteiger partial charge in [-0.1, -0.05) is 48.5 Å². The van der Waals surface area contributed by atoms with E-state index >= 15 is 0 Å². The fourth-order valence-corrected chi connectivity index (χ4v) is 4.87. The van der Waals surface area contributed by atoms with Crippen molar-refractivity contribution < 1.29 is 18.6 Å². The van der Waals surface area contributed by atoms with Gasteiger partial charge in [0.15, 0.2) is 11.6 Å². The number of rotatable bonds is 3. The van der Waals surface area contributed by atoms with Crippen LogP contribution < -0.4 is 4.74 Å². The monoisotopic (exact) mass is 406 g/mol. The minimum Gasteiger partial charge on any atom is -0.488 e. The average Bonchev–Trinajstić information content (AvgIpc) is 3.14. The number of hydrogen-bond donors (Lipinski definition) is 1. The Labute approximate surface area is 170 Å². The lowest BCUT2D eigenvalue weighted by atomic mass is 9.95. The zero-order valence-corrected chi connectivity index (χ0v) is 16.0. The maximum atomic E-state index is 14.9. The van der Waals surface area contributed by atoms with E-state index in [9.17, 15) is 13.9 Å². The molecule has 2 nitrogen and oxygen atoms in total. The summed E-state index contributed by atoms with van der Waals surface area (Å²) < 4.78 is 34.8. The third-order valence-electron chi connectivity index (χ3n) is 5.10. The summed E-state index contributed by atoms with van der Waals surface area (Å²) in [4.78, 5) is 1.69. The number of halogens is 2. The van der Waals surface area contributed by atoms with Crippen molar-refractivity contribution in [1.29, 1.82) is 0 Å². The predicted octanol–water partition coefficient (Wildman–Crippen LogP) is 6.33. The molecule has 5 heteroatoms. The van der Waals surface area contributed by atoms with Crippen LogP contribution in [-0.4, -0.2) is 5.11 Å². The molecule has 0 saturated heterocycles. The molecule has 0 amide bonds. The van der Waals surface area contributed by atoms with Crippen molar-refractivity contribution >= 4 is 11.3 Å². The standard InChI is InChI=1S/C24H16F2O2S/c25-20-11-10-18-21(22(20)26)19-12-15(13-28-14-6-2-1-3-7-14)29-24(19)17-9-5-4-8-16(17)23(18)27/h1-12,23,27H,13H2. The average molecular weight is 406 g/mol. The summed E-state index contributed by atoms with van der Waals surface area (Å²) in [5, 5.41) is 10.9. The molecule has 1 unspecified atom stereocenters. The van der Waals surface area contributed by atoms with Crippen LogP contribution >= 0.6 is 11.3 Å². The van der Waals surface area contributed by atoms with Crippen LogP contribution in [0.1, 0.15) is 22.1 Å². The molecule has 1 aliphatic rings. The van der Waals surface area contributed by atoms with Crippen molar-refractivity contribution in [3.63, 3.8) is 0 Å². The molecule has 0 saturated carbocycles. The van der Waals surface area contributed by atoms with Crippen LogP contribution in [0.3, 0.4) is 0 Å². The smallest absolute Gasteiger partial charge is 0.167 e. The van der Waals surface area contributed by atoms with Gasteiger partial charge in [0.1, 0.15) is 18.5 Å². The van der Waals surface area contributed by atoms with Gasteiger partial charge in [0.2, 0.25) is 0 Å². The quantitative estimate of drug-likeness (QED) is 0.431. The van der Waals surface area contributed by atoms with Crippen molar-refractivity contribution in [2.24, 2.45) is 0 Å². The van der Waals surface area contributed by atoms with Gasteiger partial charge in [-0.05, 0) is 41.0 Å². The van der Waals surface area contributed by atoms with Gasteiger partial charge in [-0.15, -0.1) is 11.3 Å². The first kappa shape index (κ1) is 18.0. The first-order chi connectivity index (χ1) is 14.1. The van der Waals surface area contributed by atoms with Crippen molar-refractivity contribution in [3.05, 3.63) is 100 Å². The Hall–Kier alpha value is -3.02. The summed E-state index contributed by atoms with van der Waals surface area (Å²) in [7, 11) is 0. The van der Waals surface area contributed by atoms with E-state index < -0.39 is 17.7 Å². The number of benzene rings is 3. The lowest BCUT2D eigenvalue weighted by Crippen LogP contribution is -2.03. The third kappa shape index (κ3) is 3.03. The largest absolute Gasteiger partial charge is 0.488 e. The van der Waals surface area contributed by atoms with E-state index in [1.165, 1.54) is 17.4 Å². The van der Waals surface area contributed by atoms with Crippen molar-refractivity contribution in [2.45, 2.75) is 12.7 Å². The fraction of sp³-hybridized carbons (Fsp3) is 0.0833. The number of ether oxygens (including phenoxy) is 1. The fourth-order valence-electron chi connectivity index (χ4n) is 3.75. The van der Waals surface area contributed by atoms with Gasteiger partial charge < -0.3 is 9.84 Å². The SMILES string of the molecule is OC1c2ccccc2-c2sc(COc3ccccc3)cc2-c2c1ccc(F)c2F. The number of thiophene rings is 1. The minimum absolute atomic E-state index is 0.117. The summed E-state index contributed by atoms with van der Waals surface area (Å²) in [6.45, 7) is 0.318. The maximum absolute atomic E-state index is 14.9. The molecule has 4 aromatic rings. The summed E-state index contributed by atoms with van der Waals surface area (Å²) in [6.07, 6.45) is -1.03. The number of para-hydroxylation sites is 1. The molecule has 144 valence electrons. The molecule has 1 atom stereocenters. The second-order valence-corrected chi connectivity index (χ2v) is 8.01. The van der Waals surface area contributed by atoms with Crippen LogP contribution in [0, 0.1) is 11.6 Å². The van der Waals surface area contributed by atoms with Gasteiger partial charge in [0.25, 0.3) is 0 Å². The van der Waals surface area contributed by atoms with E-state index in [1.807, 2.05) is 60.7 Å². The minimum atomic E-state index is -1.03. The van der Waals surface area contributed by atoms with Gasteiger partial charge in [-0.2, -0.15) is 0 Å². The highest BCUT2D eigenvalue weighted by molar-refractivity contribution is 7.16. The molecule has 0 bridgehead atoms. The summed E-state index contributed by atoms with van der Waals surface area (Å²) >= 11 is 1.47. The van der Waals surface area contributed by atoms with E-state index in [4.69, 9.17) is 4.74 Å². The van der Waals surface area contributed by atoms with E-state index in [0.717, 1.165) is 27.1 Å². The molecule has 1 aromatic heterocycles. The Balaban J connectivity index is 1.67. The van der Waals surface area contributed by atoms with Crippen LogP contribution in [0.4, 0.5) is 8.78 Å². The number of hydrogen-bond acceptors (Lipinski definition) is 3. The Kier molecular flexibility index (Phi) is 4.42. The first-order valence-corrected chi connectivity index (χ1v) is 10.0. The molecule has 1 N–H and O–H groups in total. The van der Waals surface area contributed by atoms with Crippen LogP contribution in [0.15, 0.2) is 72.8 Å². The summed E-state index contributed by atoms with van der Waals surface area (Å²) in [6, 6.07) is 21.2. The van der Waals surface area contributed by atoms with Gasteiger partial charge in [-0.25, -0.2) is 8.78 Å². The summed E-state index contributed by atoms with van der Waals surface area (Å²) in [5.74, 6) is -1.13. The van der Waals surface area contributed by atoms with Crippen molar-refractivity contribution in [2.75, 3.05) is 0 Å². The Morgan fingerprint density at radius 3 is 2.45 bits per heavy atom. The molecular weight excluding hydrogens is 390 g/mol.